The number of nitrogens with zero attached hydrogens (tertiary/aromatic N) is 2. The standard InChI is InChI=1S/C24H20N2O3S/c1-16-6-3-8-18(12-16)13-20(21-9-5-11-30-21)24(28)29-15-19-14-23(27)26-17(2)7-4-10-22(26)25-19/h3-14H,15H2,1-2H3/b20-13+. The lowest BCUT2D eigenvalue weighted by Crippen LogP contribution is -2.18. The molecule has 0 aliphatic heterocycles. The summed E-state index contributed by atoms with van der Waals surface area (Å²) in [6.45, 7) is 3.78. The Morgan fingerprint density at radius 3 is 2.70 bits per heavy atom. The summed E-state index contributed by atoms with van der Waals surface area (Å²) in [7, 11) is 0. The van der Waals surface area contributed by atoms with E-state index < -0.39 is 5.97 Å². The molecule has 1 aromatic carbocycles. The van der Waals surface area contributed by atoms with E-state index >= 15 is 0 Å². The molecule has 6 heteroatoms. The third-order valence-corrected chi connectivity index (χ3v) is 5.55. The van der Waals surface area contributed by atoms with E-state index in [1.54, 1.807) is 6.07 Å². The molecule has 5 nitrogen and oxygen atoms in total. The summed E-state index contributed by atoms with van der Waals surface area (Å²) >= 11 is 1.47. The molecule has 0 radical (unpaired) electrons. The maximum Gasteiger partial charge on any atom is 0.339 e. The number of aryl methyl sites for hydroxylation is 2. The van der Waals surface area contributed by atoms with E-state index in [2.05, 4.69) is 4.98 Å². The number of hydrogen-bond acceptors (Lipinski definition) is 5. The highest BCUT2D eigenvalue weighted by atomic mass is 32.1. The minimum Gasteiger partial charge on any atom is -0.456 e. The molecule has 0 saturated heterocycles. The van der Waals surface area contributed by atoms with Crippen molar-refractivity contribution in [1.82, 2.24) is 9.38 Å². The summed E-state index contributed by atoms with van der Waals surface area (Å²) in [6.07, 6.45) is 1.83. The quantitative estimate of drug-likeness (QED) is 0.351. The number of thiophene rings is 1. The molecule has 0 N–H and O–H groups in total. The fraction of sp³-hybridized carbons (Fsp3) is 0.125. The minimum atomic E-state index is -0.454. The van der Waals surface area contributed by atoms with Crippen LogP contribution in [0.3, 0.4) is 0 Å². The van der Waals surface area contributed by atoms with Gasteiger partial charge in [0, 0.05) is 16.6 Å². The SMILES string of the molecule is Cc1cccc(/C=C(/C(=O)OCc2cc(=O)n3c(C)cccc3n2)c2cccs2)c1. The van der Waals surface area contributed by atoms with E-state index in [9.17, 15) is 9.59 Å². The smallest absolute Gasteiger partial charge is 0.339 e. The van der Waals surface area contributed by atoms with Crippen LogP contribution in [0.25, 0.3) is 17.3 Å². The summed E-state index contributed by atoms with van der Waals surface area (Å²) in [5.74, 6) is -0.454. The maximum absolute atomic E-state index is 12.9. The van der Waals surface area contributed by atoms with Crippen molar-refractivity contribution in [1.29, 1.82) is 0 Å². The molecule has 0 fully saturated rings. The predicted molar refractivity (Wildman–Crippen MR) is 119 cm³/mol. The second-order valence-corrected chi connectivity index (χ2v) is 7.92. The normalized spacial score (nSPS) is 11.6. The monoisotopic (exact) mass is 416 g/mol. The van der Waals surface area contributed by atoms with Gasteiger partial charge in [0.2, 0.25) is 0 Å². The first-order valence-electron chi connectivity index (χ1n) is 9.49. The van der Waals surface area contributed by atoms with Crippen molar-refractivity contribution in [3.05, 3.63) is 104 Å². The maximum atomic E-state index is 12.9. The molecule has 4 rings (SSSR count). The van der Waals surface area contributed by atoms with E-state index in [1.165, 1.54) is 21.8 Å². The van der Waals surface area contributed by atoms with Gasteiger partial charge < -0.3 is 4.74 Å². The average molecular weight is 417 g/mol. The number of fused-ring (bicyclic) bond motifs is 1. The Hall–Kier alpha value is -3.51. The van der Waals surface area contributed by atoms with Crippen molar-refractivity contribution in [2.24, 2.45) is 0 Å². The summed E-state index contributed by atoms with van der Waals surface area (Å²) in [6, 6.07) is 18.5. The molecule has 0 aliphatic rings. The van der Waals surface area contributed by atoms with Crippen LogP contribution in [0.15, 0.2) is 70.8 Å². The number of benzene rings is 1. The van der Waals surface area contributed by atoms with Crippen molar-refractivity contribution in [3.63, 3.8) is 0 Å². The van der Waals surface area contributed by atoms with Gasteiger partial charge in [0.25, 0.3) is 5.56 Å². The first-order chi connectivity index (χ1) is 14.5. The highest BCUT2D eigenvalue weighted by Gasteiger charge is 2.16. The van der Waals surface area contributed by atoms with Gasteiger partial charge in [-0.2, -0.15) is 0 Å². The number of carbonyl (C=O) groups is 1. The Bertz CT molecular complexity index is 1300. The Morgan fingerprint density at radius 1 is 1.10 bits per heavy atom. The summed E-state index contributed by atoms with van der Waals surface area (Å²) in [4.78, 5) is 30.6. The third-order valence-electron chi connectivity index (χ3n) is 4.64. The first-order valence-corrected chi connectivity index (χ1v) is 10.4. The zero-order valence-corrected chi connectivity index (χ0v) is 17.5. The van der Waals surface area contributed by atoms with Crippen molar-refractivity contribution in [3.8, 4) is 0 Å². The van der Waals surface area contributed by atoms with Crippen molar-refractivity contribution >= 4 is 34.6 Å². The Morgan fingerprint density at radius 2 is 1.93 bits per heavy atom. The van der Waals surface area contributed by atoms with Crippen LogP contribution in [-0.4, -0.2) is 15.4 Å². The van der Waals surface area contributed by atoms with Crippen molar-refractivity contribution in [2.75, 3.05) is 0 Å². The van der Waals surface area contributed by atoms with Gasteiger partial charge in [0.15, 0.2) is 0 Å². The number of pyridine rings is 1. The van der Waals surface area contributed by atoms with Crippen molar-refractivity contribution in [2.45, 2.75) is 20.5 Å². The van der Waals surface area contributed by atoms with Gasteiger partial charge in [-0.15, -0.1) is 11.3 Å². The molecule has 0 aliphatic carbocycles. The van der Waals surface area contributed by atoms with Crippen LogP contribution in [0.2, 0.25) is 0 Å². The lowest BCUT2D eigenvalue weighted by Gasteiger charge is -2.09. The molecule has 3 aromatic heterocycles. The minimum absolute atomic E-state index is 0.0744. The summed E-state index contributed by atoms with van der Waals surface area (Å²) < 4.78 is 7.07. The lowest BCUT2D eigenvalue weighted by molar-refractivity contribution is -0.137. The van der Waals surface area contributed by atoms with E-state index in [1.807, 2.05) is 73.8 Å². The molecule has 4 aromatic rings. The van der Waals surface area contributed by atoms with Crippen LogP contribution in [0.1, 0.15) is 27.4 Å². The highest BCUT2D eigenvalue weighted by molar-refractivity contribution is 7.11. The van der Waals surface area contributed by atoms with E-state index in [4.69, 9.17) is 4.74 Å². The molecule has 150 valence electrons. The third kappa shape index (κ3) is 4.23. The molecular formula is C24H20N2O3S. The van der Waals surface area contributed by atoms with Crippen LogP contribution in [0.4, 0.5) is 0 Å². The lowest BCUT2D eigenvalue weighted by atomic mass is 10.1. The molecule has 0 amide bonds. The molecule has 0 saturated carbocycles. The van der Waals surface area contributed by atoms with Gasteiger partial charge >= 0.3 is 5.97 Å². The number of ether oxygens (including phenoxy) is 1. The molecule has 0 bridgehead atoms. The van der Waals surface area contributed by atoms with Crippen LogP contribution >= 0.6 is 11.3 Å². The predicted octanol–water partition coefficient (Wildman–Crippen LogP) is 4.66. The average Bonchev–Trinajstić information content (AvgIpc) is 3.24. The van der Waals surface area contributed by atoms with E-state index in [-0.39, 0.29) is 12.2 Å². The molecular weight excluding hydrogens is 396 g/mol. The van der Waals surface area contributed by atoms with Crippen LogP contribution in [0.5, 0.6) is 0 Å². The van der Waals surface area contributed by atoms with E-state index in [0.29, 0.717) is 16.9 Å². The van der Waals surface area contributed by atoms with Crippen LogP contribution < -0.4 is 5.56 Å². The van der Waals surface area contributed by atoms with Gasteiger partial charge in [0.05, 0.1) is 11.3 Å². The topological polar surface area (TPSA) is 60.7 Å². The van der Waals surface area contributed by atoms with Crippen LogP contribution in [-0.2, 0) is 16.1 Å². The molecule has 0 spiro atoms. The van der Waals surface area contributed by atoms with E-state index in [0.717, 1.165) is 21.7 Å². The van der Waals surface area contributed by atoms with Gasteiger partial charge in [-0.1, -0.05) is 42.0 Å². The van der Waals surface area contributed by atoms with Gasteiger partial charge in [-0.25, -0.2) is 9.78 Å². The summed E-state index contributed by atoms with van der Waals surface area (Å²) in [5, 5.41) is 1.92. The first kappa shape index (κ1) is 19.8. The second kappa shape index (κ2) is 8.47. The highest BCUT2D eigenvalue weighted by Crippen LogP contribution is 2.25. The van der Waals surface area contributed by atoms with Gasteiger partial charge in [0.1, 0.15) is 12.3 Å². The van der Waals surface area contributed by atoms with Gasteiger partial charge in [-0.05, 0) is 49.1 Å². The number of hydrogen-bond donors (Lipinski definition) is 0. The largest absolute Gasteiger partial charge is 0.456 e. The zero-order chi connectivity index (χ0) is 21.1. The van der Waals surface area contributed by atoms with Crippen molar-refractivity contribution < 1.29 is 9.53 Å². The molecule has 0 unspecified atom stereocenters. The number of esters is 1. The fourth-order valence-electron chi connectivity index (χ4n) is 3.24. The summed E-state index contributed by atoms with van der Waals surface area (Å²) in [5.41, 5.74) is 4.06. The molecule has 3 heterocycles. The second-order valence-electron chi connectivity index (χ2n) is 6.97. The molecule has 30 heavy (non-hydrogen) atoms. The Balaban J connectivity index is 1.61. The molecule has 0 atom stereocenters. The Labute approximate surface area is 177 Å². The zero-order valence-electron chi connectivity index (χ0n) is 16.7. The number of rotatable bonds is 5. The fourth-order valence-corrected chi connectivity index (χ4v) is 3.97. The van der Waals surface area contributed by atoms with Gasteiger partial charge in [-0.3, -0.25) is 9.20 Å². The number of aromatic nitrogens is 2. The number of carbonyl (C=O) groups excluding carboxylic acids is 1. The Kier molecular flexibility index (Phi) is 5.59. The van der Waals surface area contributed by atoms with Crippen LogP contribution in [0, 0.1) is 13.8 Å².